The minimum absolute atomic E-state index is 0.118. The van der Waals surface area contributed by atoms with Gasteiger partial charge in [0.25, 0.3) is 10.0 Å². The molecular weight excluding hydrogens is 290 g/mol. The molecule has 112 valence electrons. The second kappa shape index (κ2) is 6.15. The zero-order chi connectivity index (χ0) is 15.5. The van der Waals surface area contributed by atoms with Gasteiger partial charge in [-0.1, -0.05) is 6.07 Å². The Morgan fingerprint density at radius 3 is 2.38 bits per heavy atom. The van der Waals surface area contributed by atoms with Crippen LogP contribution in [-0.4, -0.2) is 20.6 Å². The van der Waals surface area contributed by atoms with E-state index < -0.39 is 10.0 Å². The lowest BCUT2D eigenvalue weighted by Crippen LogP contribution is -2.13. The van der Waals surface area contributed by atoms with Gasteiger partial charge < -0.3 is 9.84 Å². The van der Waals surface area contributed by atoms with Crippen LogP contribution in [0.2, 0.25) is 0 Å². The molecule has 0 atom stereocenters. The molecule has 21 heavy (non-hydrogen) atoms. The number of rotatable bonds is 5. The van der Waals surface area contributed by atoms with E-state index in [4.69, 9.17) is 4.74 Å². The van der Waals surface area contributed by atoms with Crippen molar-refractivity contribution < 1.29 is 18.3 Å². The van der Waals surface area contributed by atoms with Crippen molar-refractivity contribution in [2.24, 2.45) is 0 Å². The number of aliphatic hydroxyl groups is 1. The van der Waals surface area contributed by atoms with E-state index in [1.165, 1.54) is 12.1 Å². The number of aryl methyl sites for hydroxylation is 1. The van der Waals surface area contributed by atoms with Crippen LogP contribution >= 0.6 is 0 Å². The summed E-state index contributed by atoms with van der Waals surface area (Å²) in [6.45, 7) is 1.62. The summed E-state index contributed by atoms with van der Waals surface area (Å²) in [5, 5.41) is 9.23. The second-order valence-electron chi connectivity index (χ2n) is 4.58. The lowest BCUT2D eigenvalue weighted by atomic mass is 10.1. The van der Waals surface area contributed by atoms with Crippen molar-refractivity contribution in [3.8, 4) is 5.75 Å². The van der Waals surface area contributed by atoms with Gasteiger partial charge in [0.1, 0.15) is 5.75 Å². The SMILES string of the molecule is COc1ccc(NS(=O)(=O)c2ccc(C)c(CO)c2)cc1. The predicted molar refractivity (Wildman–Crippen MR) is 80.9 cm³/mol. The molecule has 2 aromatic rings. The largest absolute Gasteiger partial charge is 0.497 e. The minimum Gasteiger partial charge on any atom is -0.497 e. The van der Waals surface area contributed by atoms with Gasteiger partial charge in [-0.3, -0.25) is 4.72 Å². The molecule has 2 N–H and O–H groups in total. The number of aliphatic hydroxyl groups excluding tert-OH is 1. The molecule has 0 bridgehead atoms. The lowest BCUT2D eigenvalue weighted by Gasteiger charge is -2.10. The van der Waals surface area contributed by atoms with Crippen LogP contribution in [0, 0.1) is 6.92 Å². The molecule has 0 saturated heterocycles. The van der Waals surface area contributed by atoms with E-state index in [0.29, 0.717) is 17.0 Å². The number of methoxy groups -OCH3 is 1. The summed E-state index contributed by atoms with van der Waals surface area (Å²) in [4.78, 5) is 0.118. The first kappa shape index (κ1) is 15.3. The first-order valence-corrected chi connectivity index (χ1v) is 7.82. The summed E-state index contributed by atoms with van der Waals surface area (Å²) in [6.07, 6.45) is 0. The average molecular weight is 307 g/mol. The van der Waals surface area contributed by atoms with Gasteiger partial charge in [-0.2, -0.15) is 0 Å². The third-order valence-electron chi connectivity index (χ3n) is 3.14. The Bertz CT molecular complexity index is 724. The average Bonchev–Trinajstić information content (AvgIpc) is 2.48. The molecule has 0 fully saturated rings. The van der Waals surface area contributed by atoms with Gasteiger partial charge in [0.15, 0.2) is 0 Å². The van der Waals surface area contributed by atoms with E-state index in [-0.39, 0.29) is 11.5 Å². The predicted octanol–water partition coefficient (Wildman–Crippen LogP) is 2.30. The van der Waals surface area contributed by atoms with Gasteiger partial charge in [0.05, 0.1) is 18.6 Å². The Morgan fingerprint density at radius 2 is 1.81 bits per heavy atom. The maximum absolute atomic E-state index is 12.3. The Labute approximate surface area is 124 Å². The number of hydrogen-bond acceptors (Lipinski definition) is 4. The van der Waals surface area contributed by atoms with E-state index >= 15 is 0 Å². The van der Waals surface area contributed by atoms with E-state index in [1.807, 2.05) is 6.92 Å². The Hall–Kier alpha value is -2.05. The summed E-state index contributed by atoms with van der Waals surface area (Å²) in [5.74, 6) is 0.649. The smallest absolute Gasteiger partial charge is 0.261 e. The molecule has 6 heteroatoms. The topological polar surface area (TPSA) is 75.6 Å². The van der Waals surface area contributed by atoms with Crippen molar-refractivity contribution in [3.63, 3.8) is 0 Å². The van der Waals surface area contributed by atoms with Gasteiger partial charge in [-0.25, -0.2) is 8.42 Å². The highest BCUT2D eigenvalue weighted by atomic mass is 32.2. The number of sulfonamides is 1. The maximum Gasteiger partial charge on any atom is 0.261 e. The second-order valence-corrected chi connectivity index (χ2v) is 6.26. The van der Waals surface area contributed by atoms with E-state index in [0.717, 1.165) is 5.56 Å². The highest BCUT2D eigenvalue weighted by Crippen LogP contribution is 2.21. The van der Waals surface area contributed by atoms with E-state index in [1.54, 1.807) is 37.4 Å². The molecule has 5 nitrogen and oxygen atoms in total. The third kappa shape index (κ3) is 3.53. The van der Waals surface area contributed by atoms with Crippen LogP contribution in [0.4, 0.5) is 5.69 Å². The number of ether oxygens (including phenoxy) is 1. The van der Waals surface area contributed by atoms with Crippen LogP contribution < -0.4 is 9.46 Å². The van der Waals surface area contributed by atoms with Crippen LogP contribution in [0.25, 0.3) is 0 Å². The molecule has 0 aromatic heterocycles. The quantitative estimate of drug-likeness (QED) is 0.888. The molecule has 0 aliphatic rings. The fraction of sp³-hybridized carbons (Fsp3) is 0.200. The van der Waals surface area contributed by atoms with Crippen LogP contribution in [0.15, 0.2) is 47.4 Å². The van der Waals surface area contributed by atoms with Crippen molar-refractivity contribution in [1.29, 1.82) is 0 Å². The fourth-order valence-corrected chi connectivity index (χ4v) is 2.97. The number of benzene rings is 2. The molecule has 0 saturated carbocycles. The summed E-state index contributed by atoms with van der Waals surface area (Å²) in [6, 6.07) is 11.3. The Morgan fingerprint density at radius 1 is 1.14 bits per heavy atom. The maximum atomic E-state index is 12.3. The standard InChI is InChI=1S/C15H17NO4S/c1-11-3-8-15(9-12(11)10-17)21(18,19)16-13-4-6-14(20-2)7-5-13/h3-9,16-17H,10H2,1-2H3. The van der Waals surface area contributed by atoms with Crippen molar-refractivity contribution >= 4 is 15.7 Å². The van der Waals surface area contributed by atoms with Crippen LogP contribution in [0.1, 0.15) is 11.1 Å². The molecule has 0 amide bonds. The van der Waals surface area contributed by atoms with Crippen LogP contribution in [0.3, 0.4) is 0 Å². The van der Waals surface area contributed by atoms with Gasteiger partial charge in [0.2, 0.25) is 0 Å². The van der Waals surface area contributed by atoms with Crippen molar-refractivity contribution in [3.05, 3.63) is 53.6 Å². The van der Waals surface area contributed by atoms with Gasteiger partial charge in [-0.05, 0) is 54.4 Å². The van der Waals surface area contributed by atoms with Crippen LogP contribution in [-0.2, 0) is 16.6 Å². The first-order chi connectivity index (χ1) is 9.96. The number of hydrogen-bond donors (Lipinski definition) is 2. The minimum atomic E-state index is -3.68. The highest BCUT2D eigenvalue weighted by Gasteiger charge is 2.15. The van der Waals surface area contributed by atoms with Gasteiger partial charge in [0, 0.05) is 5.69 Å². The van der Waals surface area contributed by atoms with Crippen molar-refractivity contribution in [2.45, 2.75) is 18.4 Å². The summed E-state index contributed by atoms with van der Waals surface area (Å²) in [5.41, 5.74) is 1.88. The third-order valence-corrected chi connectivity index (χ3v) is 4.52. The molecular formula is C15H17NO4S. The number of anilines is 1. The Kier molecular flexibility index (Phi) is 4.50. The van der Waals surface area contributed by atoms with Crippen molar-refractivity contribution in [1.82, 2.24) is 0 Å². The molecule has 0 aliphatic heterocycles. The molecule has 0 radical (unpaired) electrons. The monoisotopic (exact) mass is 307 g/mol. The van der Waals surface area contributed by atoms with E-state index in [2.05, 4.69) is 4.72 Å². The van der Waals surface area contributed by atoms with Crippen molar-refractivity contribution in [2.75, 3.05) is 11.8 Å². The Balaban J connectivity index is 2.29. The number of nitrogens with one attached hydrogen (secondary N) is 1. The van der Waals surface area contributed by atoms with Gasteiger partial charge in [-0.15, -0.1) is 0 Å². The summed E-state index contributed by atoms with van der Waals surface area (Å²) < 4.78 is 32.1. The summed E-state index contributed by atoms with van der Waals surface area (Å²) in [7, 11) is -2.14. The molecule has 2 aromatic carbocycles. The normalized spacial score (nSPS) is 11.2. The fourth-order valence-electron chi connectivity index (χ4n) is 1.86. The molecule has 0 unspecified atom stereocenters. The molecule has 0 aliphatic carbocycles. The zero-order valence-electron chi connectivity index (χ0n) is 11.8. The summed E-state index contributed by atoms with van der Waals surface area (Å²) >= 11 is 0. The lowest BCUT2D eigenvalue weighted by molar-refractivity contribution is 0.281. The molecule has 0 heterocycles. The first-order valence-electron chi connectivity index (χ1n) is 6.33. The highest BCUT2D eigenvalue weighted by molar-refractivity contribution is 7.92. The van der Waals surface area contributed by atoms with Crippen LogP contribution in [0.5, 0.6) is 5.75 Å². The molecule has 2 rings (SSSR count). The van der Waals surface area contributed by atoms with Gasteiger partial charge >= 0.3 is 0 Å². The van der Waals surface area contributed by atoms with E-state index in [9.17, 15) is 13.5 Å². The molecule has 0 spiro atoms. The zero-order valence-corrected chi connectivity index (χ0v) is 12.6.